The van der Waals surface area contributed by atoms with E-state index in [0.29, 0.717) is 36.5 Å². The van der Waals surface area contributed by atoms with Gasteiger partial charge in [-0.2, -0.15) is 0 Å². The number of benzene rings is 3. The minimum Gasteiger partial charge on any atom is -0.493 e. The molecular weight excluding hydrogens is 513 g/mol. The van der Waals surface area contributed by atoms with Crippen molar-refractivity contribution in [2.45, 2.75) is 70.3 Å². The Morgan fingerprint density at radius 3 is 2.38 bits per heavy atom. The van der Waals surface area contributed by atoms with Gasteiger partial charge in [-0.3, -0.25) is 0 Å². The van der Waals surface area contributed by atoms with E-state index in [1.54, 1.807) is 54.6 Å². The fourth-order valence-corrected chi connectivity index (χ4v) is 5.38. The molecule has 0 amide bonds. The van der Waals surface area contributed by atoms with Gasteiger partial charge in [0, 0.05) is 11.6 Å². The Hall–Kier alpha value is -3.25. The number of aliphatic hydroxyl groups is 1. The molecule has 214 valence electrons. The molecular formula is C34H39F3O3. The summed E-state index contributed by atoms with van der Waals surface area (Å²) in [5, 5.41) is 10.2. The molecule has 0 aromatic heterocycles. The van der Waals surface area contributed by atoms with Crippen LogP contribution in [0.4, 0.5) is 13.2 Å². The first-order chi connectivity index (χ1) is 19.4. The lowest BCUT2D eigenvalue weighted by atomic mass is 9.78. The fourth-order valence-electron chi connectivity index (χ4n) is 5.38. The zero-order valence-corrected chi connectivity index (χ0v) is 23.2. The van der Waals surface area contributed by atoms with E-state index in [4.69, 9.17) is 9.47 Å². The molecule has 1 atom stereocenters. The normalized spacial score (nSPS) is 17.8. The maximum Gasteiger partial charge on any atom is 0.168 e. The molecule has 1 unspecified atom stereocenters. The van der Waals surface area contributed by atoms with Gasteiger partial charge in [-0.05, 0) is 85.6 Å². The van der Waals surface area contributed by atoms with Crippen molar-refractivity contribution < 1.29 is 27.8 Å². The molecule has 1 aliphatic rings. The number of halogens is 3. The molecule has 1 saturated carbocycles. The van der Waals surface area contributed by atoms with Crippen LogP contribution < -0.4 is 9.47 Å². The van der Waals surface area contributed by atoms with E-state index >= 15 is 8.78 Å². The standard InChI is InChI=1S/C34H39F3O3/c1-3-5-6-20-39-32-19-16-27(21-30(32)35)40-22-23-8-10-24(11-9-23)28-17-18-29(34(37)33(28)36)25-12-14-26(15-13-25)31(38)7-4-2/h3,12-19,21,23-24,31,38H,1,4-11,20,22H2,2H3. The van der Waals surface area contributed by atoms with Crippen molar-refractivity contribution in [3.63, 3.8) is 0 Å². The van der Waals surface area contributed by atoms with Gasteiger partial charge in [0.1, 0.15) is 5.75 Å². The minimum atomic E-state index is -0.833. The Balaban J connectivity index is 1.30. The first kappa shape index (κ1) is 29.7. The first-order valence-corrected chi connectivity index (χ1v) is 14.3. The van der Waals surface area contributed by atoms with Gasteiger partial charge >= 0.3 is 0 Å². The number of ether oxygens (including phenoxy) is 2. The van der Waals surface area contributed by atoms with Gasteiger partial charge in [0.25, 0.3) is 0 Å². The quantitative estimate of drug-likeness (QED) is 0.170. The summed E-state index contributed by atoms with van der Waals surface area (Å²) in [6.07, 6.45) is 7.48. The number of hydrogen-bond acceptors (Lipinski definition) is 3. The second kappa shape index (κ2) is 14.4. The molecule has 3 aromatic carbocycles. The summed E-state index contributed by atoms with van der Waals surface area (Å²) < 4.78 is 56.0. The molecule has 0 heterocycles. The molecule has 0 radical (unpaired) electrons. The second-order valence-corrected chi connectivity index (χ2v) is 10.7. The number of allylic oxidation sites excluding steroid dienone is 1. The van der Waals surface area contributed by atoms with E-state index in [9.17, 15) is 9.50 Å². The Bertz CT molecular complexity index is 1250. The number of aliphatic hydroxyl groups excluding tert-OH is 1. The Morgan fingerprint density at radius 2 is 1.70 bits per heavy atom. The van der Waals surface area contributed by atoms with Crippen molar-refractivity contribution in [3.8, 4) is 22.6 Å². The molecule has 1 fully saturated rings. The van der Waals surface area contributed by atoms with Crippen LogP contribution in [0.2, 0.25) is 0 Å². The lowest BCUT2D eigenvalue weighted by molar-refractivity contribution is 0.166. The van der Waals surface area contributed by atoms with Gasteiger partial charge < -0.3 is 14.6 Å². The first-order valence-electron chi connectivity index (χ1n) is 14.3. The van der Waals surface area contributed by atoms with Crippen molar-refractivity contribution in [2.24, 2.45) is 5.92 Å². The topological polar surface area (TPSA) is 38.7 Å². The highest BCUT2D eigenvalue weighted by atomic mass is 19.2. The van der Waals surface area contributed by atoms with E-state index in [2.05, 4.69) is 6.58 Å². The minimum absolute atomic E-state index is 0.0543. The highest BCUT2D eigenvalue weighted by Gasteiger charge is 2.27. The van der Waals surface area contributed by atoms with Crippen LogP contribution in [-0.4, -0.2) is 18.3 Å². The third-order valence-corrected chi connectivity index (χ3v) is 7.77. The fraction of sp³-hybridized carbons (Fsp3) is 0.412. The highest BCUT2D eigenvalue weighted by molar-refractivity contribution is 5.65. The summed E-state index contributed by atoms with van der Waals surface area (Å²) in [4.78, 5) is 0. The molecule has 3 nitrogen and oxygen atoms in total. The molecule has 0 spiro atoms. The summed E-state index contributed by atoms with van der Waals surface area (Å²) in [6, 6.07) is 15.0. The van der Waals surface area contributed by atoms with Crippen LogP contribution in [0.5, 0.6) is 11.5 Å². The van der Waals surface area contributed by atoms with Crippen molar-refractivity contribution >= 4 is 0 Å². The SMILES string of the molecule is C=CCCCOc1ccc(OCC2CCC(c3ccc(-c4ccc(C(O)CCC)cc4)c(F)c3F)CC2)cc1F. The van der Waals surface area contributed by atoms with Crippen LogP contribution in [0.1, 0.15) is 81.4 Å². The molecule has 0 bridgehead atoms. The van der Waals surface area contributed by atoms with Crippen LogP contribution in [0.25, 0.3) is 11.1 Å². The predicted octanol–water partition coefficient (Wildman–Crippen LogP) is 9.30. The molecule has 40 heavy (non-hydrogen) atoms. The number of unbranched alkanes of at least 4 members (excludes halogenated alkanes) is 1. The Kier molecular flexibility index (Phi) is 10.7. The monoisotopic (exact) mass is 552 g/mol. The van der Waals surface area contributed by atoms with Gasteiger partial charge in [-0.15, -0.1) is 6.58 Å². The van der Waals surface area contributed by atoms with Gasteiger partial charge in [0.15, 0.2) is 23.2 Å². The van der Waals surface area contributed by atoms with Crippen LogP contribution in [-0.2, 0) is 0 Å². The van der Waals surface area contributed by atoms with Crippen LogP contribution in [0.15, 0.2) is 67.3 Å². The van der Waals surface area contributed by atoms with Gasteiger partial charge in [-0.1, -0.05) is 55.8 Å². The van der Waals surface area contributed by atoms with E-state index in [-0.39, 0.29) is 23.1 Å². The van der Waals surface area contributed by atoms with Crippen LogP contribution >= 0.6 is 0 Å². The summed E-state index contributed by atoms with van der Waals surface area (Å²) in [5.74, 6) is -1.20. The van der Waals surface area contributed by atoms with Gasteiger partial charge in [-0.25, -0.2) is 13.2 Å². The predicted molar refractivity (Wildman–Crippen MR) is 153 cm³/mol. The molecule has 0 aliphatic heterocycles. The summed E-state index contributed by atoms with van der Waals surface area (Å²) in [7, 11) is 0. The lowest BCUT2D eigenvalue weighted by Crippen LogP contribution is -2.20. The molecule has 1 aliphatic carbocycles. The summed E-state index contributed by atoms with van der Waals surface area (Å²) in [6.45, 7) is 6.54. The number of hydrogen-bond donors (Lipinski definition) is 1. The maximum atomic E-state index is 15.2. The smallest absolute Gasteiger partial charge is 0.168 e. The average molecular weight is 553 g/mol. The molecule has 0 saturated heterocycles. The van der Waals surface area contributed by atoms with E-state index in [0.717, 1.165) is 50.5 Å². The zero-order valence-electron chi connectivity index (χ0n) is 23.2. The Morgan fingerprint density at radius 1 is 0.950 bits per heavy atom. The van der Waals surface area contributed by atoms with Crippen LogP contribution in [0.3, 0.4) is 0 Å². The van der Waals surface area contributed by atoms with Crippen LogP contribution in [0, 0.1) is 23.4 Å². The molecule has 1 N–H and O–H groups in total. The summed E-state index contributed by atoms with van der Waals surface area (Å²) in [5.41, 5.74) is 2.00. The van der Waals surface area contributed by atoms with Crippen molar-refractivity contribution in [2.75, 3.05) is 13.2 Å². The third kappa shape index (κ3) is 7.48. The molecule has 4 rings (SSSR count). The maximum absolute atomic E-state index is 15.2. The van der Waals surface area contributed by atoms with Gasteiger partial charge in [0.05, 0.1) is 19.3 Å². The highest BCUT2D eigenvalue weighted by Crippen LogP contribution is 2.39. The average Bonchev–Trinajstić information content (AvgIpc) is 2.97. The third-order valence-electron chi connectivity index (χ3n) is 7.77. The van der Waals surface area contributed by atoms with Gasteiger partial charge in [0.2, 0.25) is 0 Å². The zero-order chi connectivity index (χ0) is 28.5. The molecule has 6 heteroatoms. The van der Waals surface area contributed by atoms with Crippen molar-refractivity contribution in [3.05, 3.63) is 95.8 Å². The lowest BCUT2D eigenvalue weighted by Gasteiger charge is -2.29. The largest absolute Gasteiger partial charge is 0.493 e. The van der Waals surface area contributed by atoms with E-state index in [1.165, 1.54) is 6.07 Å². The summed E-state index contributed by atoms with van der Waals surface area (Å²) >= 11 is 0. The van der Waals surface area contributed by atoms with Crippen molar-refractivity contribution in [1.29, 1.82) is 0 Å². The Labute approximate surface area is 235 Å². The molecule has 3 aromatic rings. The van der Waals surface area contributed by atoms with E-state index < -0.39 is 23.6 Å². The van der Waals surface area contributed by atoms with E-state index in [1.807, 2.05) is 6.92 Å². The second-order valence-electron chi connectivity index (χ2n) is 10.7. The van der Waals surface area contributed by atoms with Crippen molar-refractivity contribution in [1.82, 2.24) is 0 Å². The number of rotatable bonds is 13.